The molecule has 10 heteroatoms. The number of aliphatic imine (C=N–C) groups is 1. The molecule has 170 valence electrons. The fraction of sp³-hybridized carbons (Fsp3) is 0.304. The molecule has 3 heterocycles. The van der Waals surface area contributed by atoms with E-state index < -0.39 is 5.95 Å². The number of rotatable bonds is 6. The molecule has 9 nitrogen and oxygen atoms in total. The number of halogens is 1. The fourth-order valence-corrected chi connectivity index (χ4v) is 3.94. The van der Waals surface area contributed by atoms with Crippen LogP contribution in [0, 0.1) is 34.0 Å². The van der Waals surface area contributed by atoms with Gasteiger partial charge in [0.1, 0.15) is 11.9 Å². The van der Waals surface area contributed by atoms with Gasteiger partial charge in [0.25, 0.3) is 0 Å². The van der Waals surface area contributed by atoms with Crippen LogP contribution >= 0.6 is 0 Å². The predicted octanol–water partition coefficient (Wildman–Crippen LogP) is 2.89. The molecule has 1 fully saturated rings. The van der Waals surface area contributed by atoms with E-state index in [1.807, 2.05) is 0 Å². The SMILES string of the molecule is CN=C/C(=C\N)c1cnc(-c2ccc(F)nc2)c(N2CCC(C(=N)N(C)C=N)CC2)c1C#N. The van der Waals surface area contributed by atoms with Crippen LogP contribution in [0.15, 0.2) is 35.7 Å². The van der Waals surface area contributed by atoms with Gasteiger partial charge in [0.15, 0.2) is 0 Å². The largest absolute Gasteiger partial charge is 0.404 e. The van der Waals surface area contributed by atoms with Gasteiger partial charge in [-0.1, -0.05) is 0 Å². The lowest BCUT2D eigenvalue weighted by Crippen LogP contribution is -2.41. The third kappa shape index (κ3) is 4.87. The Hall–Kier alpha value is -4.13. The Labute approximate surface area is 192 Å². The van der Waals surface area contributed by atoms with Crippen LogP contribution in [0.25, 0.3) is 16.8 Å². The second-order valence-corrected chi connectivity index (χ2v) is 7.62. The Bertz CT molecular complexity index is 1120. The number of allylic oxidation sites excluding steroid dienone is 1. The minimum atomic E-state index is -0.598. The number of aromatic nitrogens is 2. The highest BCUT2D eigenvalue weighted by atomic mass is 19.1. The summed E-state index contributed by atoms with van der Waals surface area (Å²) < 4.78 is 13.4. The van der Waals surface area contributed by atoms with E-state index in [1.54, 1.807) is 32.6 Å². The predicted molar refractivity (Wildman–Crippen MR) is 128 cm³/mol. The standard InChI is InChI=1S/C23H26FN9/c1-29-11-17(9-25)19-13-31-21(16-3-4-20(24)30-12-16)22(18(19)10-26)33-7-5-15(6-8-33)23(28)32(2)14-27/h3-4,9,11-15,27-28H,5-8,25H2,1-2H3/b17-9+,27-14?,28-23?,29-11?. The molecular weight excluding hydrogens is 421 g/mol. The highest BCUT2D eigenvalue weighted by Crippen LogP contribution is 2.37. The van der Waals surface area contributed by atoms with Crippen molar-refractivity contribution in [3.8, 4) is 17.3 Å². The third-order valence-electron chi connectivity index (χ3n) is 5.70. The van der Waals surface area contributed by atoms with Gasteiger partial charge in [-0.05, 0) is 25.0 Å². The maximum absolute atomic E-state index is 13.4. The van der Waals surface area contributed by atoms with Crippen molar-refractivity contribution in [2.24, 2.45) is 16.6 Å². The topological polar surface area (TPSA) is 142 Å². The van der Waals surface area contributed by atoms with Gasteiger partial charge in [-0.25, -0.2) is 4.98 Å². The second kappa shape index (κ2) is 10.5. The summed E-state index contributed by atoms with van der Waals surface area (Å²) in [6.45, 7) is 1.17. The van der Waals surface area contributed by atoms with Crippen molar-refractivity contribution in [1.82, 2.24) is 14.9 Å². The van der Waals surface area contributed by atoms with Crippen LogP contribution in [0.5, 0.6) is 0 Å². The van der Waals surface area contributed by atoms with Crippen molar-refractivity contribution >= 4 is 29.6 Å². The van der Waals surface area contributed by atoms with Gasteiger partial charge in [-0.3, -0.25) is 20.8 Å². The second-order valence-electron chi connectivity index (χ2n) is 7.62. The number of amidine groups is 1. The number of anilines is 1. The number of nitrogens with two attached hydrogens (primary N) is 1. The van der Waals surface area contributed by atoms with Crippen LogP contribution in [0.3, 0.4) is 0 Å². The van der Waals surface area contributed by atoms with E-state index >= 15 is 0 Å². The molecule has 0 atom stereocenters. The summed E-state index contributed by atoms with van der Waals surface area (Å²) in [7, 11) is 3.31. The average molecular weight is 448 g/mol. The number of nitrogens with zero attached hydrogens (tertiary/aromatic N) is 6. The molecule has 1 aliphatic heterocycles. The Morgan fingerprint density at radius 2 is 2.06 bits per heavy atom. The first-order valence-corrected chi connectivity index (χ1v) is 10.4. The summed E-state index contributed by atoms with van der Waals surface area (Å²) in [5.74, 6) is -0.190. The maximum Gasteiger partial charge on any atom is 0.212 e. The molecule has 2 aromatic rings. The zero-order valence-corrected chi connectivity index (χ0v) is 18.6. The monoisotopic (exact) mass is 447 g/mol. The summed E-state index contributed by atoms with van der Waals surface area (Å²) in [6, 6.07) is 5.15. The maximum atomic E-state index is 13.4. The summed E-state index contributed by atoms with van der Waals surface area (Å²) in [5, 5.41) is 25.8. The minimum absolute atomic E-state index is 0.0113. The zero-order valence-electron chi connectivity index (χ0n) is 18.6. The summed E-state index contributed by atoms with van der Waals surface area (Å²) in [6.07, 6.45) is 8.42. The Kier molecular flexibility index (Phi) is 7.46. The highest BCUT2D eigenvalue weighted by Gasteiger charge is 2.29. The molecule has 33 heavy (non-hydrogen) atoms. The summed E-state index contributed by atoms with van der Waals surface area (Å²) in [5.41, 5.74) is 9.05. The molecule has 4 N–H and O–H groups in total. The quantitative estimate of drug-likeness (QED) is 0.353. The number of pyridine rings is 2. The van der Waals surface area contributed by atoms with Crippen molar-refractivity contribution < 1.29 is 4.39 Å². The molecule has 1 saturated heterocycles. The molecule has 0 radical (unpaired) electrons. The van der Waals surface area contributed by atoms with Crippen LogP contribution < -0.4 is 10.6 Å². The Morgan fingerprint density at radius 3 is 2.61 bits per heavy atom. The van der Waals surface area contributed by atoms with Gasteiger partial charge in [-0.2, -0.15) is 9.65 Å². The molecular formula is C23H26FN9. The zero-order chi connectivity index (χ0) is 24.0. The van der Waals surface area contributed by atoms with Crippen LogP contribution in [0.1, 0.15) is 24.0 Å². The first kappa shape index (κ1) is 23.5. The van der Waals surface area contributed by atoms with Crippen molar-refractivity contribution in [2.45, 2.75) is 12.8 Å². The number of hydrogen-bond acceptors (Lipinski definition) is 8. The summed E-state index contributed by atoms with van der Waals surface area (Å²) in [4.78, 5) is 16.0. The molecule has 3 rings (SSSR count). The average Bonchev–Trinajstić information content (AvgIpc) is 2.86. The Balaban J connectivity index is 2.09. The van der Waals surface area contributed by atoms with E-state index in [9.17, 15) is 9.65 Å². The Morgan fingerprint density at radius 1 is 1.33 bits per heavy atom. The smallest absolute Gasteiger partial charge is 0.212 e. The third-order valence-corrected chi connectivity index (χ3v) is 5.70. The number of piperidine rings is 1. The molecule has 0 amide bonds. The molecule has 2 aromatic heterocycles. The minimum Gasteiger partial charge on any atom is -0.404 e. The van der Waals surface area contributed by atoms with E-state index in [2.05, 4.69) is 25.9 Å². The van der Waals surface area contributed by atoms with Crippen LogP contribution in [0.4, 0.5) is 10.1 Å². The van der Waals surface area contributed by atoms with Gasteiger partial charge in [0.2, 0.25) is 5.95 Å². The molecule has 0 aliphatic carbocycles. The van der Waals surface area contributed by atoms with E-state index in [0.29, 0.717) is 65.4 Å². The van der Waals surface area contributed by atoms with E-state index in [0.717, 1.165) is 6.34 Å². The lowest BCUT2D eigenvalue weighted by atomic mass is 9.92. The lowest BCUT2D eigenvalue weighted by molar-refractivity contribution is 0.473. The van der Waals surface area contributed by atoms with E-state index in [4.69, 9.17) is 16.6 Å². The molecule has 0 aromatic carbocycles. The molecule has 1 aliphatic rings. The molecule has 0 saturated carbocycles. The van der Waals surface area contributed by atoms with Crippen LogP contribution in [-0.2, 0) is 0 Å². The van der Waals surface area contributed by atoms with Gasteiger partial charge in [-0.15, -0.1) is 0 Å². The number of nitrogens with one attached hydrogen (secondary N) is 2. The fourth-order valence-electron chi connectivity index (χ4n) is 3.94. The van der Waals surface area contributed by atoms with Crippen molar-refractivity contribution in [3.05, 3.63) is 47.8 Å². The van der Waals surface area contributed by atoms with Crippen molar-refractivity contribution in [2.75, 3.05) is 32.1 Å². The van der Waals surface area contributed by atoms with Crippen LogP contribution in [0.2, 0.25) is 0 Å². The normalized spacial score (nSPS) is 14.8. The lowest BCUT2D eigenvalue weighted by Gasteiger charge is -2.36. The van der Waals surface area contributed by atoms with Crippen molar-refractivity contribution in [3.63, 3.8) is 0 Å². The van der Waals surface area contributed by atoms with Gasteiger partial charge < -0.3 is 15.5 Å². The number of nitriles is 1. The van der Waals surface area contributed by atoms with Crippen LogP contribution in [-0.4, -0.2) is 60.4 Å². The van der Waals surface area contributed by atoms with E-state index in [1.165, 1.54) is 23.4 Å². The molecule has 0 unspecified atom stereocenters. The van der Waals surface area contributed by atoms with Gasteiger partial charge in [0, 0.05) is 74.6 Å². The van der Waals surface area contributed by atoms with E-state index in [-0.39, 0.29) is 5.92 Å². The first-order chi connectivity index (χ1) is 15.9. The van der Waals surface area contributed by atoms with Gasteiger partial charge >= 0.3 is 0 Å². The summed E-state index contributed by atoms with van der Waals surface area (Å²) >= 11 is 0. The number of hydrogen-bond donors (Lipinski definition) is 3. The highest BCUT2D eigenvalue weighted by molar-refractivity contribution is 6.11. The van der Waals surface area contributed by atoms with Crippen molar-refractivity contribution in [1.29, 1.82) is 16.1 Å². The molecule has 0 bridgehead atoms. The molecule has 0 spiro atoms. The van der Waals surface area contributed by atoms with Gasteiger partial charge in [0.05, 0.1) is 23.3 Å². The first-order valence-electron chi connectivity index (χ1n) is 10.4.